The molecule has 5 nitrogen and oxygen atoms in total. The lowest BCUT2D eigenvalue weighted by Crippen LogP contribution is -2.33. The van der Waals surface area contributed by atoms with E-state index in [1.807, 2.05) is 37.3 Å². The van der Waals surface area contributed by atoms with Crippen molar-refractivity contribution in [3.8, 4) is 5.75 Å². The van der Waals surface area contributed by atoms with E-state index in [4.69, 9.17) is 10.8 Å². The molecule has 2 unspecified atom stereocenters. The third-order valence-corrected chi connectivity index (χ3v) is 4.97. The van der Waals surface area contributed by atoms with Gasteiger partial charge >= 0.3 is 5.97 Å². The van der Waals surface area contributed by atoms with Crippen LogP contribution in [-0.4, -0.2) is 33.8 Å². The summed E-state index contributed by atoms with van der Waals surface area (Å²) in [5.74, 6) is -1.53. The zero-order valence-electron chi connectivity index (χ0n) is 14.5. The first-order valence-electron chi connectivity index (χ1n) is 8.35. The van der Waals surface area contributed by atoms with Crippen LogP contribution in [0.1, 0.15) is 34.3 Å². The van der Waals surface area contributed by atoms with E-state index in [1.165, 1.54) is 12.1 Å². The standard InChI is InChI=1S/C20H23NO4S/c1-12(13-5-3-2-4-6-13)17(11-26)19(23)16-10-15(22)8-7-14(16)9-18(21)20(24)25/h2-8,10,12,17-18,22,26H,9,11,21H2,1H3,(H,24,25)/t12?,17?,18-/m0/s1. The minimum Gasteiger partial charge on any atom is -0.508 e. The molecule has 0 amide bonds. The fourth-order valence-electron chi connectivity index (χ4n) is 2.95. The Balaban J connectivity index is 2.37. The van der Waals surface area contributed by atoms with Gasteiger partial charge in [-0.2, -0.15) is 12.6 Å². The van der Waals surface area contributed by atoms with Gasteiger partial charge in [-0.1, -0.05) is 43.3 Å². The summed E-state index contributed by atoms with van der Waals surface area (Å²) in [6.45, 7) is 1.96. The van der Waals surface area contributed by atoms with Crippen molar-refractivity contribution < 1.29 is 19.8 Å². The average Bonchev–Trinajstić information content (AvgIpc) is 2.64. The number of carboxylic acid groups (broad SMARTS) is 1. The molecule has 0 fully saturated rings. The Kier molecular flexibility index (Phi) is 6.83. The minimum atomic E-state index is -1.14. The quantitative estimate of drug-likeness (QED) is 0.421. The van der Waals surface area contributed by atoms with Crippen LogP contribution in [-0.2, 0) is 11.2 Å². The number of thiol groups is 1. The summed E-state index contributed by atoms with van der Waals surface area (Å²) in [6.07, 6.45) is 0.00962. The van der Waals surface area contributed by atoms with Gasteiger partial charge < -0.3 is 15.9 Å². The van der Waals surface area contributed by atoms with Crippen molar-refractivity contribution in [2.45, 2.75) is 25.3 Å². The molecule has 0 aliphatic heterocycles. The number of phenols is 1. The summed E-state index contributed by atoms with van der Waals surface area (Å²) in [4.78, 5) is 24.2. The second kappa shape index (κ2) is 8.87. The number of carbonyl (C=O) groups is 2. The number of benzene rings is 2. The van der Waals surface area contributed by atoms with E-state index in [1.54, 1.807) is 6.07 Å². The molecule has 26 heavy (non-hydrogen) atoms. The Hall–Kier alpha value is -2.31. The molecule has 2 rings (SSSR count). The van der Waals surface area contributed by atoms with Crippen molar-refractivity contribution in [2.75, 3.05) is 5.75 Å². The van der Waals surface area contributed by atoms with Gasteiger partial charge in [0.2, 0.25) is 0 Å². The smallest absolute Gasteiger partial charge is 0.320 e. The summed E-state index contributed by atoms with van der Waals surface area (Å²) in [7, 11) is 0. The molecule has 4 N–H and O–H groups in total. The Labute approximate surface area is 158 Å². The highest BCUT2D eigenvalue weighted by molar-refractivity contribution is 7.80. The van der Waals surface area contributed by atoms with Crippen molar-refractivity contribution in [1.82, 2.24) is 0 Å². The molecule has 3 atom stereocenters. The molecule has 2 aromatic carbocycles. The summed E-state index contributed by atoms with van der Waals surface area (Å²) >= 11 is 4.36. The van der Waals surface area contributed by atoms with Crippen LogP contribution < -0.4 is 5.73 Å². The monoisotopic (exact) mass is 373 g/mol. The van der Waals surface area contributed by atoms with Crippen molar-refractivity contribution >= 4 is 24.4 Å². The summed E-state index contributed by atoms with van der Waals surface area (Å²) in [5.41, 5.74) is 7.45. The van der Waals surface area contributed by atoms with Gasteiger partial charge in [-0.15, -0.1) is 0 Å². The number of ketones is 1. The SMILES string of the molecule is CC(c1ccccc1)C(CS)C(=O)c1cc(O)ccc1C[C@H](N)C(=O)O. The molecule has 2 aromatic rings. The Bertz CT molecular complexity index is 779. The predicted octanol–water partition coefficient (Wildman–Crippen LogP) is 2.88. The van der Waals surface area contributed by atoms with E-state index in [9.17, 15) is 14.7 Å². The van der Waals surface area contributed by atoms with Crippen LogP contribution in [0.3, 0.4) is 0 Å². The molecular weight excluding hydrogens is 350 g/mol. The van der Waals surface area contributed by atoms with Crippen molar-refractivity contribution in [2.24, 2.45) is 11.7 Å². The van der Waals surface area contributed by atoms with Gasteiger partial charge in [0.1, 0.15) is 11.8 Å². The highest BCUT2D eigenvalue weighted by Gasteiger charge is 2.28. The number of aromatic hydroxyl groups is 1. The number of hydrogen-bond donors (Lipinski definition) is 4. The first kappa shape index (κ1) is 20.0. The van der Waals surface area contributed by atoms with E-state index < -0.39 is 17.9 Å². The topological polar surface area (TPSA) is 101 Å². The average molecular weight is 373 g/mol. The highest BCUT2D eigenvalue weighted by Crippen LogP contribution is 2.30. The lowest BCUT2D eigenvalue weighted by molar-refractivity contribution is -0.138. The minimum absolute atomic E-state index is 0.00962. The molecule has 138 valence electrons. The van der Waals surface area contributed by atoms with E-state index >= 15 is 0 Å². The van der Waals surface area contributed by atoms with Crippen LogP contribution in [0.15, 0.2) is 48.5 Å². The van der Waals surface area contributed by atoms with Crippen LogP contribution in [0.25, 0.3) is 0 Å². The van der Waals surface area contributed by atoms with E-state index in [2.05, 4.69) is 12.6 Å². The van der Waals surface area contributed by atoms with Crippen LogP contribution in [0.5, 0.6) is 5.75 Å². The third-order valence-electron chi connectivity index (χ3n) is 4.58. The van der Waals surface area contributed by atoms with Gasteiger partial charge in [0, 0.05) is 17.2 Å². The van der Waals surface area contributed by atoms with Crippen LogP contribution in [0.2, 0.25) is 0 Å². The predicted molar refractivity (Wildman–Crippen MR) is 104 cm³/mol. The Morgan fingerprint density at radius 3 is 2.38 bits per heavy atom. The molecule has 0 bridgehead atoms. The lowest BCUT2D eigenvalue weighted by atomic mass is 9.82. The van der Waals surface area contributed by atoms with Crippen LogP contribution in [0.4, 0.5) is 0 Å². The number of nitrogens with two attached hydrogens (primary N) is 1. The first-order chi connectivity index (χ1) is 12.3. The number of aliphatic carboxylic acids is 1. The third kappa shape index (κ3) is 4.65. The first-order valence-corrected chi connectivity index (χ1v) is 8.98. The molecule has 0 aliphatic rings. The molecule has 0 aromatic heterocycles. The molecule has 0 aliphatic carbocycles. The second-order valence-electron chi connectivity index (χ2n) is 6.34. The maximum Gasteiger partial charge on any atom is 0.320 e. The van der Waals surface area contributed by atoms with Crippen LogP contribution in [0, 0.1) is 5.92 Å². The van der Waals surface area contributed by atoms with Gasteiger partial charge in [0.25, 0.3) is 0 Å². The maximum atomic E-state index is 13.2. The van der Waals surface area contributed by atoms with Crippen molar-refractivity contribution in [3.63, 3.8) is 0 Å². The molecule has 0 saturated heterocycles. The van der Waals surface area contributed by atoms with Gasteiger partial charge in [-0.3, -0.25) is 9.59 Å². The van der Waals surface area contributed by atoms with Gasteiger partial charge in [-0.25, -0.2) is 0 Å². The van der Waals surface area contributed by atoms with Crippen molar-refractivity contribution in [1.29, 1.82) is 0 Å². The fourth-order valence-corrected chi connectivity index (χ4v) is 3.43. The normalized spacial score (nSPS) is 14.4. The number of phenolic OH excluding ortho intramolecular Hbond substituents is 1. The maximum absolute atomic E-state index is 13.2. The van der Waals surface area contributed by atoms with Gasteiger partial charge in [-0.05, 0) is 35.6 Å². The number of Topliss-reactive ketones (excluding diaryl/α,β-unsaturated/α-hetero) is 1. The lowest BCUT2D eigenvalue weighted by Gasteiger charge is -2.23. The van der Waals surface area contributed by atoms with Gasteiger partial charge in [0.15, 0.2) is 5.78 Å². The molecular formula is C20H23NO4S. The molecule has 0 heterocycles. The number of carboxylic acids is 1. The summed E-state index contributed by atoms with van der Waals surface area (Å²) < 4.78 is 0. The van der Waals surface area contributed by atoms with E-state index in [0.29, 0.717) is 16.9 Å². The highest BCUT2D eigenvalue weighted by atomic mass is 32.1. The zero-order valence-corrected chi connectivity index (χ0v) is 15.4. The molecule has 6 heteroatoms. The summed E-state index contributed by atoms with van der Waals surface area (Å²) in [6, 6.07) is 12.9. The Morgan fingerprint density at radius 1 is 1.15 bits per heavy atom. The zero-order chi connectivity index (χ0) is 19.3. The fraction of sp³-hybridized carbons (Fsp3) is 0.300. The molecule has 0 saturated carbocycles. The Morgan fingerprint density at radius 2 is 1.81 bits per heavy atom. The van der Waals surface area contributed by atoms with Crippen molar-refractivity contribution in [3.05, 3.63) is 65.2 Å². The number of hydrogen-bond acceptors (Lipinski definition) is 5. The molecule has 0 radical (unpaired) electrons. The van der Waals surface area contributed by atoms with Crippen LogP contribution >= 0.6 is 12.6 Å². The van der Waals surface area contributed by atoms with Gasteiger partial charge in [0.05, 0.1) is 0 Å². The number of rotatable bonds is 8. The van der Waals surface area contributed by atoms with E-state index in [0.717, 1.165) is 5.56 Å². The second-order valence-corrected chi connectivity index (χ2v) is 6.71. The molecule has 0 spiro atoms. The van der Waals surface area contributed by atoms with E-state index in [-0.39, 0.29) is 23.9 Å². The number of carbonyl (C=O) groups excluding carboxylic acids is 1. The summed E-state index contributed by atoms with van der Waals surface area (Å²) in [5, 5.41) is 18.9. The largest absolute Gasteiger partial charge is 0.508 e.